The van der Waals surface area contributed by atoms with Crippen LogP contribution in [0, 0.1) is 0 Å². The monoisotopic (exact) mass is 1400 g/mol. The fourth-order valence-corrected chi connectivity index (χ4v) is 13.4. The maximum atomic E-state index is 15.2. The Morgan fingerprint density at radius 2 is 1.24 bits per heavy atom. The first kappa shape index (κ1) is 74.1. The molecule has 9 atom stereocenters. The SMILES string of the molecule is NC(=O)[C@@H]1CCCCn2cc(nn2)C[C@H](NC(=O)COCCOCCOCCNC(=O)CCCCC2SC[C@H]3NC(=O)N[C@@H]23)C(=O)N[C@H](Cc2c[nH]c3ccccc23)C(=O)N[C@H](Cc2ccc(O)cc2)C(=O)N[C@H](Cc2ccc(O)cc2)C(=O)NCC(=O)N[C@H](Cc2ccccc2)C(=O)N1. The molecule has 11 amide bonds. The number of fused-ring (bicyclic) bond motifs is 4. The summed E-state index contributed by atoms with van der Waals surface area (Å²) in [6.45, 7) is 0.123. The van der Waals surface area contributed by atoms with E-state index >= 15 is 4.79 Å². The van der Waals surface area contributed by atoms with E-state index in [0.717, 1.165) is 35.9 Å². The zero-order chi connectivity index (χ0) is 70.8. The molecule has 9 rings (SSSR count). The zero-order valence-electron chi connectivity index (χ0n) is 55.3. The first-order chi connectivity index (χ1) is 48.4. The summed E-state index contributed by atoms with van der Waals surface area (Å²) >= 11 is 1.85. The number of aromatic nitrogens is 4. The van der Waals surface area contributed by atoms with E-state index in [9.17, 15) is 53.4 Å². The Morgan fingerprint density at radius 1 is 0.630 bits per heavy atom. The van der Waals surface area contributed by atoms with Crippen molar-refractivity contribution < 1.29 is 72.4 Å². The second-order valence-electron chi connectivity index (χ2n) is 24.8. The Balaban J connectivity index is 0.888. The van der Waals surface area contributed by atoms with Crippen LogP contribution in [0.5, 0.6) is 11.5 Å². The molecule has 0 aliphatic carbocycles. The van der Waals surface area contributed by atoms with Crippen LogP contribution in [0.2, 0.25) is 0 Å². The molecule has 2 aromatic heterocycles. The number of aryl methyl sites for hydroxylation is 1. The molecule has 534 valence electrons. The summed E-state index contributed by atoms with van der Waals surface area (Å²) in [6, 6.07) is 19.6. The fourth-order valence-electron chi connectivity index (χ4n) is 11.9. The van der Waals surface area contributed by atoms with E-state index in [1.165, 1.54) is 53.2 Å². The maximum absolute atomic E-state index is 15.2. The van der Waals surface area contributed by atoms with Gasteiger partial charge >= 0.3 is 6.03 Å². The van der Waals surface area contributed by atoms with E-state index in [1.807, 2.05) is 30.0 Å². The number of H-pyrrole nitrogens is 1. The highest BCUT2D eigenvalue weighted by Gasteiger charge is 2.43. The van der Waals surface area contributed by atoms with Crippen LogP contribution < -0.4 is 58.9 Å². The first-order valence-electron chi connectivity index (χ1n) is 33.5. The van der Waals surface area contributed by atoms with Crippen LogP contribution in [0.1, 0.15) is 72.9 Å². The molecule has 2 saturated heterocycles. The Hall–Kier alpha value is -10.1. The zero-order valence-corrected chi connectivity index (χ0v) is 56.1. The smallest absolute Gasteiger partial charge is 0.315 e. The first-order valence-corrected chi connectivity index (χ1v) is 34.5. The molecule has 100 heavy (non-hydrogen) atoms. The van der Waals surface area contributed by atoms with E-state index in [-0.39, 0.29) is 119 Å². The predicted molar refractivity (Wildman–Crippen MR) is 367 cm³/mol. The molecule has 15 N–H and O–H groups in total. The van der Waals surface area contributed by atoms with E-state index in [4.69, 9.17) is 19.9 Å². The summed E-state index contributed by atoms with van der Waals surface area (Å²) in [5, 5.41) is 57.8. The van der Waals surface area contributed by atoms with Crippen LogP contribution in [-0.4, -0.2) is 201 Å². The number of thioether (sulfide) groups is 1. The molecular weight excluding hydrogens is 1310 g/mol. The van der Waals surface area contributed by atoms with Gasteiger partial charge in [0.15, 0.2) is 0 Å². The third-order valence-corrected chi connectivity index (χ3v) is 18.7. The Kier molecular flexibility index (Phi) is 28.0. The van der Waals surface area contributed by atoms with Gasteiger partial charge in [0.1, 0.15) is 54.4 Å². The summed E-state index contributed by atoms with van der Waals surface area (Å²) in [5.41, 5.74) is 8.99. The van der Waals surface area contributed by atoms with Crippen LogP contribution in [0.15, 0.2) is 116 Å². The number of carbonyl (C=O) groups excluding carboxylic acids is 10. The number of rotatable bonds is 26. The number of benzene rings is 4. The second-order valence-corrected chi connectivity index (χ2v) is 26.0. The van der Waals surface area contributed by atoms with Crippen molar-refractivity contribution in [1.29, 1.82) is 0 Å². The molecule has 0 saturated carbocycles. The van der Waals surface area contributed by atoms with Crippen molar-refractivity contribution in [2.75, 3.05) is 58.5 Å². The molecule has 2 fully saturated rings. The number of hydrogen-bond donors (Lipinski definition) is 14. The molecule has 5 heterocycles. The van der Waals surface area contributed by atoms with Crippen LogP contribution in [-0.2, 0) is 96.0 Å². The lowest BCUT2D eigenvalue weighted by atomic mass is 10.00. The Morgan fingerprint density at radius 3 is 1.94 bits per heavy atom. The molecule has 3 aliphatic rings. The highest BCUT2D eigenvalue weighted by atomic mass is 32.2. The number of phenols is 2. The number of nitrogens with one attached hydrogen (secondary N) is 11. The van der Waals surface area contributed by atoms with E-state index < -0.39 is 96.7 Å². The largest absolute Gasteiger partial charge is 0.508 e. The number of phenolic OH excluding ortho intramolecular Hbond substituents is 2. The lowest BCUT2D eigenvalue weighted by Gasteiger charge is -2.27. The minimum Gasteiger partial charge on any atom is -0.508 e. The molecule has 6 aromatic rings. The van der Waals surface area contributed by atoms with Gasteiger partial charge in [-0.25, -0.2) is 4.79 Å². The van der Waals surface area contributed by atoms with Gasteiger partial charge in [-0.15, -0.1) is 5.10 Å². The Labute approximate surface area is 581 Å². The fraction of sp³-hybridized carbons (Fsp3) is 0.449. The Bertz CT molecular complexity index is 3750. The van der Waals surface area contributed by atoms with Crippen molar-refractivity contribution in [2.24, 2.45) is 5.73 Å². The third-order valence-electron chi connectivity index (χ3n) is 17.2. The molecule has 4 aromatic carbocycles. The number of hydrogen-bond acceptors (Lipinski definition) is 18. The van der Waals surface area contributed by atoms with Crippen LogP contribution in [0.25, 0.3) is 10.9 Å². The number of aromatic amines is 1. The molecule has 0 radical (unpaired) electrons. The summed E-state index contributed by atoms with van der Waals surface area (Å²) in [5.74, 6) is -5.85. The molecule has 2 bridgehead atoms. The predicted octanol–water partition coefficient (Wildman–Crippen LogP) is 0.270. The van der Waals surface area contributed by atoms with Crippen molar-refractivity contribution in [1.82, 2.24) is 73.1 Å². The molecule has 30 nitrogen and oxygen atoms in total. The average molecular weight is 1400 g/mol. The van der Waals surface area contributed by atoms with Gasteiger partial charge < -0.3 is 88.3 Å². The number of ether oxygens (including phenoxy) is 3. The highest BCUT2D eigenvalue weighted by Crippen LogP contribution is 2.33. The normalized spacial score (nSPS) is 22.1. The van der Waals surface area contributed by atoms with Crippen molar-refractivity contribution in [3.63, 3.8) is 0 Å². The van der Waals surface area contributed by atoms with Crippen molar-refractivity contribution >= 4 is 81.9 Å². The minimum absolute atomic E-state index is 0.0195. The average Bonchev–Trinajstić information content (AvgIpc) is 1.68. The summed E-state index contributed by atoms with van der Waals surface area (Å²) in [4.78, 5) is 141. The number of primary amides is 1. The van der Waals surface area contributed by atoms with Gasteiger partial charge in [-0.05, 0) is 84.7 Å². The van der Waals surface area contributed by atoms with E-state index in [1.54, 1.807) is 48.8 Å². The topological polar surface area (TPSA) is 432 Å². The van der Waals surface area contributed by atoms with Gasteiger partial charge in [0.05, 0.1) is 57.4 Å². The van der Waals surface area contributed by atoms with Gasteiger partial charge in [-0.3, -0.25) is 47.8 Å². The van der Waals surface area contributed by atoms with Gasteiger partial charge in [0.2, 0.25) is 53.2 Å². The van der Waals surface area contributed by atoms with Gasteiger partial charge in [-0.2, -0.15) is 11.8 Å². The molecule has 3 aliphatic heterocycles. The van der Waals surface area contributed by atoms with Gasteiger partial charge in [0.25, 0.3) is 0 Å². The molecule has 1 unspecified atom stereocenters. The number of carbonyl (C=O) groups is 10. The van der Waals surface area contributed by atoms with Crippen molar-refractivity contribution in [3.8, 4) is 11.5 Å². The number of nitrogens with zero attached hydrogens (tertiary/aromatic N) is 3. The molecule has 31 heteroatoms. The lowest BCUT2D eigenvalue weighted by molar-refractivity contribution is -0.135. The van der Waals surface area contributed by atoms with Gasteiger partial charge in [0, 0.05) is 85.9 Å². The number of unbranched alkanes of at least 4 members (excludes halogenated alkanes) is 1. The number of amides is 11. The quantitative estimate of drug-likeness (QED) is 0.0256. The number of aromatic hydroxyl groups is 2. The van der Waals surface area contributed by atoms with E-state index in [2.05, 4.69) is 68.5 Å². The number of nitrogens with two attached hydrogens (primary N) is 1. The maximum Gasteiger partial charge on any atom is 0.315 e. The summed E-state index contributed by atoms with van der Waals surface area (Å²) < 4.78 is 18.4. The van der Waals surface area contributed by atoms with Crippen molar-refractivity contribution in [2.45, 2.75) is 137 Å². The number of para-hydroxylation sites is 1. The van der Waals surface area contributed by atoms with Gasteiger partial charge in [-0.1, -0.05) is 84.4 Å². The lowest BCUT2D eigenvalue weighted by Crippen LogP contribution is -2.60. The molecule has 0 spiro atoms. The van der Waals surface area contributed by atoms with Crippen LogP contribution in [0.3, 0.4) is 0 Å². The standard InChI is InChI=1S/C69H87N15O15S/c70-63(90)51-14-8-9-26-84-39-46(82-83-84)36-56(75-61(89)40-99-31-30-98-29-28-97-27-25-71-59(87)16-7-6-15-58-62-57(41-100-58)80-69(96)81-62)68(95)79-55(35-45-37-72-50-13-5-4-12-49(45)50)67(94)78-54(34-44-19-23-48(86)24-20-44)66(93)77-52(33-43-17-21-47(85)22-18-43)64(91)73-38-60(88)74-53(65(92)76-51)32-42-10-2-1-3-11-42/h1-5,10-13,17-24,37,39,51-58,62,72,85-86H,6-9,14-16,25-36,38,40-41H2,(H2,70,90)(H,71,87)(H,73,91)(H,74,88)(H,75,89)(H,76,92)(H,77,93)(H,78,94)(H,79,95)(H2,80,81,96)/t51-,52+,53+,54+,55+,56-,57+,58?,62+/m0/s1. The van der Waals surface area contributed by atoms with Crippen molar-refractivity contribution in [3.05, 3.63) is 143 Å². The highest BCUT2D eigenvalue weighted by molar-refractivity contribution is 8.00. The number of urea groups is 1. The summed E-state index contributed by atoms with van der Waals surface area (Å²) in [7, 11) is 0. The van der Waals surface area contributed by atoms with E-state index in [0.29, 0.717) is 53.3 Å². The summed E-state index contributed by atoms with van der Waals surface area (Å²) in [6.07, 6.45) is 6.17. The second kappa shape index (κ2) is 37.7. The third kappa shape index (κ3) is 23.3. The minimum atomic E-state index is -1.50. The van der Waals surface area contributed by atoms with Crippen LogP contribution in [0.4, 0.5) is 4.79 Å². The molecular formula is C69H87N15O15S. The van der Waals surface area contributed by atoms with Crippen LogP contribution >= 0.6 is 11.8 Å².